The Balaban J connectivity index is 2.17. The molecule has 0 aliphatic rings. The van der Waals surface area contributed by atoms with Gasteiger partial charge in [0.25, 0.3) is 5.91 Å². The first-order chi connectivity index (χ1) is 13.6. The highest BCUT2D eigenvalue weighted by Crippen LogP contribution is 2.34. The van der Waals surface area contributed by atoms with Crippen molar-refractivity contribution in [1.29, 1.82) is 0 Å². The first-order valence-electron chi connectivity index (χ1n) is 9.07. The van der Waals surface area contributed by atoms with E-state index in [-0.39, 0.29) is 25.7 Å². The normalized spacial score (nSPS) is 12.7. The largest absolute Gasteiger partial charge is 0.491 e. The van der Waals surface area contributed by atoms with Crippen LogP contribution in [-0.2, 0) is 4.74 Å². The highest BCUT2D eigenvalue weighted by Gasteiger charge is 2.27. The third-order valence-electron chi connectivity index (χ3n) is 4.16. The second kappa shape index (κ2) is 11.1. The maximum atomic E-state index is 12.3. The predicted molar refractivity (Wildman–Crippen MR) is 103 cm³/mol. The third-order valence-corrected chi connectivity index (χ3v) is 4.16. The Bertz CT molecular complexity index is 765. The average molecular weight is 387 g/mol. The number of alkyl carbamates (subject to hydrolysis) is 1. The summed E-state index contributed by atoms with van der Waals surface area (Å²) in [6, 6.07) is 15.3. The molecule has 0 fully saturated rings. The van der Waals surface area contributed by atoms with Gasteiger partial charge in [-0.05, 0) is 30.5 Å². The number of carbonyl (C=O) groups is 2. The molecule has 7 nitrogen and oxygen atoms in total. The van der Waals surface area contributed by atoms with Crippen LogP contribution in [0.2, 0.25) is 0 Å². The number of benzene rings is 2. The third kappa shape index (κ3) is 6.07. The lowest BCUT2D eigenvalue weighted by molar-refractivity contribution is 0.0525. The summed E-state index contributed by atoms with van der Waals surface area (Å²) in [6.45, 7) is 1.69. The molecule has 2 amide bonds. The second-order valence-corrected chi connectivity index (χ2v) is 6.25. The Kier molecular flexibility index (Phi) is 8.45. The molecule has 7 heteroatoms. The van der Waals surface area contributed by atoms with Gasteiger partial charge in [0, 0.05) is 17.7 Å². The van der Waals surface area contributed by atoms with Crippen LogP contribution in [0.4, 0.5) is 4.79 Å². The molecule has 0 radical (unpaired) electrons. The van der Waals surface area contributed by atoms with E-state index in [2.05, 4.69) is 5.32 Å². The number of rotatable bonds is 9. The standard InChI is InChI=1S/C21H25NO6/c1-15(11-12-23)19(17-9-5-6-10-18(17)27-14-13-24)28-21(26)22-20(25)16-7-3-2-4-8-16/h2-10,15,19,23-24H,11-14H2,1H3,(H,22,25,26)/t15-,19-/m1/s1. The van der Waals surface area contributed by atoms with Gasteiger partial charge in [-0.1, -0.05) is 43.3 Å². The van der Waals surface area contributed by atoms with E-state index < -0.39 is 18.1 Å². The highest BCUT2D eigenvalue weighted by molar-refractivity contribution is 6.02. The Morgan fingerprint density at radius 2 is 1.68 bits per heavy atom. The van der Waals surface area contributed by atoms with Gasteiger partial charge in [0.05, 0.1) is 6.61 Å². The van der Waals surface area contributed by atoms with Crippen molar-refractivity contribution in [2.45, 2.75) is 19.4 Å². The van der Waals surface area contributed by atoms with E-state index in [0.717, 1.165) is 0 Å². The van der Waals surface area contributed by atoms with E-state index in [9.17, 15) is 14.7 Å². The van der Waals surface area contributed by atoms with Crippen molar-refractivity contribution >= 4 is 12.0 Å². The van der Waals surface area contributed by atoms with Crippen LogP contribution in [0.25, 0.3) is 0 Å². The first-order valence-corrected chi connectivity index (χ1v) is 9.07. The van der Waals surface area contributed by atoms with Crippen LogP contribution in [0.3, 0.4) is 0 Å². The van der Waals surface area contributed by atoms with Crippen LogP contribution in [-0.4, -0.2) is 42.0 Å². The number of aliphatic hydroxyl groups is 2. The number of amides is 2. The molecule has 0 unspecified atom stereocenters. The number of carbonyl (C=O) groups excluding carboxylic acids is 2. The first kappa shape index (κ1) is 21.4. The lowest BCUT2D eigenvalue weighted by atomic mass is 9.94. The molecule has 0 saturated carbocycles. The van der Waals surface area contributed by atoms with E-state index in [4.69, 9.17) is 14.6 Å². The average Bonchev–Trinajstić information content (AvgIpc) is 2.71. The Labute approximate surface area is 163 Å². The summed E-state index contributed by atoms with van der Waals surface area (Å²) in [5, 5.41) is 20.5. The maximum absolute atomic E-state index is 12.3. The molecule has 150 valence electrons. The minimum Gasteiger partial charge on any atom is -0.491 e. The lowest BCUT2D eigenvalue weighted by Crippen LogP contribution is -2.33. The number of para-hydroxylation sites is 1. The number of hydrogen-bond donors (Lipinski definition) is 3. The Morgan fingerprint density at radius 3 is 2.36 bits per heavy atom. The molecule has 28 heavy (non-hydrogen) atoms. The molecule has 0 spiro atoms. The summed E-state index contributed by atoms with van der Waals surface area (Å²) in [5.41, 5.74) is 0.935. The molecule has 0 aliphatic carbocycles. The quantitative estimate of drug-likeness (QED) is 0.611. The molecular formula is C21H25NO6. The minimum atomic E-state index is -0.888. The van der Waals surface area contributed by atoms with Gasteiger partial charge in [-0.3, -0.25) is 10.1 Å². The fourth-order valence-corrected chi connectivity index (χ4v) is 2.74. The molecule has 0 bridgehead atoms. The van der Waals surface area contributed by atoms with Gasteiger partial charge >= 0.3 is 6.09 Å². The van der Waals surface area contributed by atoms with Gasteiger partial charge in [-0.25, -0.2) is 4.79 Å². The van der Waals surface area contributed by atoms with E-state index in [1.54, 1.807) is 54.6 Å². The number of imide groups is 1. The summed E-state index contributed by atoms with van der Waals surface area (Å²) in [4.78, 5) is 24.5. The minimum absolute atomic E-state index is 0.0781. The molecule has 3 N–H and O–H groups in total. The fraction of sp³-hybridized carbons (Fsp3) is 0.333. The van der Waals surface area contributed by atoms with Gasteiger partial charge in [0.15, 0.2) is 0 Å². The smallest absolute Gasteiger partial charge is 0.414 e. The summed E-state index contributed by atoms with van der Waals surface area (Å²) < 4.78 is 11.1. The molecule has 0 saturated heterocycles. The monoisotopic (exact) mass is 387 g/mol. The molecule has 0 aromatic heterocycles. The van der Waals surface area contributed by atoms with E-state index in [0.29, 0.717) is 23.3 Å². The van der Waals surface area contributed by atoms with Gasteiger partial charge in [0.2, 0.25) is 0 Å². The fourth-order valence-electron chi connectivity index (χ4n) is 2.74. The van der Waals surface area contributed by atoms with Gasteiger partial charge in [0.1, 0.15) is 18.5 Å². The summed E-state index contributed by atoms with van der Waals surface area (Å²) in [6.07, 6.45) is -1.25. The van der Waals surface area contributed by atoms with Crippen LogP contribution in [0.5, 0.6) is 5.75 Å². The molecule has 2 atom stereocenters. The number of aliphatic hydroxyl groups excluding tert-OH is 2. The summed E-state index contributed by atoms with van der Waals surface area (Å²) in [5.74, 6) is -0.334. The number of nitrogens with one attached hydrogen (secondary N) is 1. The molecule has 0 aliphatic heterocycles. The van der Waals surface area contributed by atoms with Crippen LogP contribution in [0.1, 0.15) is 35.4 Å². The van der Waals surface area contributed by atoms with Crippen molar-refractivity contribution in [1.82, 2.24) is 5.32 Å². The highest BCUT2D eigenvalue weighted by atomic mass is 16.6. The van der Waals surface area contributed by atoms with Crippen molar-refractivity contribution in [2.24, 2.45) is 5.92 Å². The van der Waals surface area contributed by atoms with E-state index in [1.807, 2.05) is 6.92 Å². The Morgan fingerprint density at radius 1 is 1.00 bits per heavy atom. The van der Waals surface area contributed by atoms with E-state index >= 15 is 0 Å². The zero-order valence-corrected chi connectivity index (χ0v) is 15.7. The van der Waals surface area contributed by atoms with Gasteiger partial charge in [-0.15, -0.1) is 0 Å². The van der Waals surface area contributed by atoms with Crippen molar-refractivity contribution in [3.05, 3.63) is 65.7 Å². The molecule has 2 rings (SSSR count). The van der Waals surface area contributed by atoms with Crippen LogP contribution >= 0.6 is 0 Å². The summed E-state index contributed by atoms with van der Waals surface area (Å²) in [7, 11) is 0. The number of ether oxygens (including phenoxy) is 2. The molecule has 2 aromatic carbocycles. The lowest BCUT2D eigenvalue weighted by Gasteiger charge is -2.26. The van der Waals surface area contributed by atoms with Gasteiger partial charge in [-0.2, -0.15) is 0 Å². The second-order valence-electron chi connectivity index (χ2n) is 6.25. The SMILES string of the molecule is C[C@H](CCO)[C@@H](OC(=O)NC(=O)c1ccccc1)c1ccccc1OCCO. The van der Waals surface area contributed by atoms with Crippen molar-refractivity contribution < 1.29 is 29.3 Å². The molecule has 2 aromatic rings. The van der Waals surface area contributed by atoms with Crippen molar-refractivity contribution in [3.63, 3.8) is 0 Å². The zero-order valence-electron chi connectivity index (χ0n) is 15.7. The van der Waals surface area contributed by atoms with E-state index in [1.165, 1.54) is 0 Å². The Hall–Kier alpha value is -2.90. The van der Waals surface area contributed by atoms with Crippen LogP contribution in [0, 0.1) is 5.92 Å². The predicted octanol–water partition coefficient (Wildman–Crippen LogP) is 2.68. The summed E-state index contributed by atoms with van der Waals surface area (Å²) >= 11 is 0. The number of hydrogen-bond acceptors (Lipinski definition) is 6. The van der Waals surface area contributed by atoms with Crippen molar-refractivity contribution in [3.8, 4) is 5.75 Å². The maximum Gasteiger partial charge on any atom is 0.414 e. The molecular weight excluding hydrogens is 362 g/mol. The topological polar surface area (TPSA) is 105 Å². The van der Waals surface area contributed by atoms with Crippen molar-refractivity contribution in [2.75, 3.05) is 19.8 Å². The zero-order chi connectivity index (χ0) is 20.4. The van der Waals surface area contributed by atoms with Crippen LogP contribution in [0.15, 0.2) is 54.6 Å². The van der Waals surface area contributed by atoms with Crippen LogP contribution < -0.4 is 10.1 Å². The van der Waals surface area contributed by atoms with Gasteiger partial charge < -0.3 is 19.7 Å². The molecule has 0 heterocycles.